The van der Waals surface area contributed by atoms with Gasteiger partial charge in [-0.05, 0) is 55.7 Å². The molecular formula is C23H24BrN3O3. The quantitative estimate of drug-likeness (QED) is 0.539. The van der Waals surface area contributed by atoms with E-state index in [4.69, 9.17) is 4.74 Å². The Kier molecular flexibility index (Phi) is 6.18. The highest BCUT2D eigenvalue weighted by molar-refractivity contribution is 9.10. The number of halogens is 1. The Morgan fingerprint density at radius 2 is 2.03 bits per heavy atom. The molecule has 4 rings (SSSR count). The van der Waals surface area contributed by atoms with Crippen molar-refractivity contribution in [3.63, 3.8) is 0 Å². The number of hydrogen-bond acceptors (Lipinski definition) is 4. The van der Waals surface area contributed by atoms with Crippen LogP contribution in [-0.4, -0.2) is 33.5 Å². The Balaban J connectivity index is 1.46. The number of hydrogen-bond donors (Lipinski definition) is 0. The molecule has 1 unspecified atom stereocenters. The zero-order valence-electron chi connectivity index (χ0n) is 16.9. The van der Waals surface area contributed by atoms with Crippen LogP contribution in [0.1, 0.15) is 37.8 Å². The first kappa shape index (κ1) is 20.6. The Morgan fingerprint density at radius 1 is 1.23 bits per heavy atom. The first-order chi connectivity index (χ1) is 14.6. The fraction of sp³-hybridized carbons (Fsp3) is 0.348. The Labute approximate surface area is 183 Å². The highest BCUT2D eigenvalue weighted by Crippen LogP contribution is 2.33. The molecule has 1 amide bonds. The van der Waals surface area contributed by atoms with E-state index < -0.39 is 0 Å². The first-order valence-electron chi connectivity index (χ1n) is 10.2. The fourth-order valence-corrected chi connectivity index (χ4v) is 4.38. The molecule has 0 saturated carbocycles. The van der Waals surface area contributed by atoms with Crippen LogP contribution in [0.4, 0.5) is 0 Å². The van der Waals surface area contributed by atoms with E-state index in [-0.39, 0.29) is 23.9 Å². The van der Waals surface area contributed by atoms with E-state index in [1.807, 2.05) is 48.2 Å². The molecule has 1 aromatic heterocycles. The maximum absolute atomic E-state index is 13.0. The second-order valence-corrected chi connectivity index (χ2v) is 8.32. The van der Waals surface area contributed by atoms with Crippen LogP contribution < -0.4 is 10.3 Å². The molecule has 1 saturated heterocycles. The number of ether oxygens (including phenoxy) is 1. The summed E-state index contributed by atoms with van der Waals surface area (Å²) < 4.78 is 7.87. The molecule has 0 aliphatic carbocycles. The van der Waals surface area contributed by atoms with Crippen LogP contribution in [0.25, 0.3) is 10.9 Å². The number of fused-ring (bicyclic) bond motifs is 1. The zero-order chi connectivity index (χ0) is 21.1. The lowest BCUT2D eigenvalue weighted by Crippen LogP contribution is -2.32. The summed E-state index contributed by atoms with van der Waals surface area (Å²) in [6, 6.07) is 13.5. The van der Waals surface area contributed by atoms with Crippen molar-refractivity contribution in [1.29, 1.82) is 0 Å². The van der Waals surface area contributed by atoms with Gasteiger partial charge in [-0.25, -0.2) is 4.98 Å². The number of carbonyl (C=O) groups is 1. The van der Waals surface area contributed by atoms with Gasteiger partial charge in [-0.15, -0.1) is 0 Å². The summed E-state index contributed by atoms with van der Waals surface area (Å²) in [7, 11) is 0. The van der Waals surface area contributed by atoms with Gasteiger partial charge >= 0.3 is 0 Å². The van der Waals surface area contributed by atoms with Crippen LogP contribution in [-0.2, 0) is 11.3 Å². The minimum Gasteiger partial charge on any atom is -0.494 e. The van der Waals surface area contributed by atoms with Crippen molar-refractivity contribution in [1.82, 2.24) is 14.5 Å². The van der Waals surface area contributed by atoms with E-state index in [0.29, 0.717) is 24.1 Å². The van der Waals surface area contributed by atoms with Gasteiger partial charge in [0.2, 0.25) is 5.91 Å². The number of aryl methyl sites for hydroxylation is 1. The second kappa shape index (κ2) is 9.00. The molecule has 1 aliphatic heterocycles. The van der Waals surface area contributed by atoms with Crippen molar-refractivity contribution in [2.45, 2.75) is 38.8 Å². The molecule has 0 radical (unpaired) electrons. The second-order valence-electron chi connectivity index (χ2n) is 7.40. The van der Waals surface area contributed by atoms with Crippen LogP contribution >= 0.6 is 15.9 Å². The fourth-order valence-electron chi connectivity index (χ4n) is 4.01. The van der Waals surface area contributed by atoms with Crippen molar-refractivity contribution in [2.24, 2.45) is 0 Å². The first-order valence-corrected chi connectivity index (χ1v) is 11.0. The molecule has 0 N–H and O–H groups in total. The normalized spacial score (nSPS) is 16.2. The SMILES string of the molecule is CCOc1ccc(C2CCCN2C(=O)CCn2cnc3ccc(Br)cc3c2=O)cc1. The van der Waals surface area contributed by atoms with Crippen molar-refractivity contribution < 1.29 is 9.53 Å². The Morgan fingerprint density at radius 3 is 2.80 bits per heavy atom. The highest BCUT2D eigenvalue weighted by atomic mass is 79.9. The van der Waals surface area contributed by atoms with Crippen LogP contribution in [0.5, 0.6) is 5.75 Å². The standard InChI is InChI=1S/C23H24BrN3O3/c1-2-30-18-8-5-16(6-9-18)21-4-3-12-27(21)22(28)11-13-26-15-25-20-10-7-17(24)14-19(20)23(26)29/h5-10,14-15,21H,2-4,11-13H2,1H3. The lowest BCUT2D eigenvalue weighted by Gasteiger charge is -2.25. The molecule has 1 aliphatic rings. The molecule has 2 aromatic carbocycles. The molecule has 1 atom stereocenters. The van der Waals surface area contributed by atoms with Crippen LogP contribution in [0, 0.1) is 0 Å². The monoisotopic (exact) mass is 469 g/mol. The maximum Gasteiger partial charge on any atom is 0.261 e. The Bertz CT molecular complexity index is 1110. The van der Waals surface area contributed by atoms with E-state index in [1.54, 1.807) is 6.07 Å². The minimum absolute atomic E-state index is 0.0626. The summed E-state index contributed by atoms with van der Waals surface area (Å²) in [6.45, 7) is 3.65. The van der Waals surface area contributed by atoms with E-state index in [0.717, 1.165) is 35.2 Å². The number of carbonyl (C=O) groups excluding carboxylic acids is 1. The van der Waals surface area contributed by atoms with Crippen molar-refractivity contribution >= 4 is 32.7 Å². The molecule has 0 bridgehead atoms. The van der Waals surface area contributed by atoms with E-state index in [9.17, 15) is 9.59 Å². The van der Waals surface area contributed by atoms with Crippen molar-refractivity contribution in [3.05, 3.63) is 69.2 Å². The highest BCUT2D eigenvalue weighted by Gasteiger charge is 2.29. The predicted molar refractivity (Wildman–Crippen MR) is 120 cm³/mol. The number of amides is 1. The van der Waals surface area contributed by atoms with Crippen LogP contribution in [0.15, 0.2) is 58.1 Å². The van der Waals surface area contributed by atoms with Gasteiger partial charge in [0.15, 0.2) is 0 Å². The third-order valence-corrected chi connectivity index (χ3v) is 5.99. The van der Waals surface area contributed by atoms with Crippen LogP contribution in [0.2, 0.25) is 0 Å². The number of benzene rings is 2. The molecular weight excluding hydrogens is 446 g/mol. The van der Waals surface area contributed by atoms with Gasteiger partial charge in [0.1, 0.15) is 5.75 Å². The lowest BCUT2D eigenvalue weighted by atomic mass is 10.0. The van der Waals surface area contributed by atoms with Gasteiger partial charge in [-0.2, -0.15) is 0 Å². The zero-order valence-corrected chi connectivity index (χ0v) is 18.5. The topological polar surface area (TPSA) is 64.4 Å². The number of aromatic nitrogens is 2. The third-order valence-electron chi connectivity index (χ3n) is 5.50. The molecule has 30 heavy (non-hydrogen) atoms. The van der Waals surface area contributed by atoms with E-state index in [1.165, 1.54) is 10.9 Å². The van der Waals surface area contributed by atoms with Gasteiger partial charge in [0, 0.05) is 24.0 Å². The summed E-state index contributed by atoms with van der Waals surface area (Å²) in [4.78, 5) is 32.0. The van der Waals surface area contributed by atoms with Gasteiger partial charge < -0.3 is 9.64 Å². The largest absolute Gasteiger partial charge is 0.494 e. The van der Waals surface area contributed by atoms with Crippen molar-refractivity contribution in [3.8, 4) is 5.75 Å². The average molecular weight is 470 g/mol. The van der Waals surface area contributed by atoms with E-state index >= 15 is 0 Å². The molecule has 0 spiro atoms. The van der Waals surface area contributed by atoms with Gasteiger partial charge in [-0.3, -0.25) is 14.2 Å². The predicted octanol–water partition coefficient (Wildman–Crippen LogP) is 4.31. The summed E-state index contributed by atoms with van der Waals surface area (Å²) in [5.74, 6) is 0.902. The molecule has 3 aromatic rings. The van der Waals surface area contributed by atoms with Gasteiger partial charge in [0.05, 0.1) is 29.9 Å². The molecule has 6 nitrogen and oxygen atoms in total. The van der Waals surface area contributed by atoms with E-state index in [2.05, 4.69) is 20.9 Å². The number of likely N-dealkylation sites (tertiary alicyclic amines) is 1. The molecule has 2 heterocycles. The average Bonchev–Trinajstić information content (AvgIpc) is 3.24. The van der Waals surface area contributed by atoms with Gasteiger partial charge in [-0.1, -0.05) is 28.1 Å². The molecule has 7 heteroatoms. The summed E-state index contributed by atoms with van der Waals surface area (Å²) in [6.07, 6.45) is 3.73. The smallest absolute Gasteiger partial charge is 0.261 e. The summed E-state index contributed by atoms with van der Waals surface area (Å²) in [5, 5.41) is 0.549. The van der Waals surface area contributed by atoms with Crippen molar-refractivity contribution in [2.75, 3.05) is 13.2 Å². The molecule has 156 valence electrons. The summed E-state index contributed by atoms with van der Waals surface area (Å²) in [5.41, 5.74) is 1.65. The maximum atomic E-state index is 13.0. The number of rotatable bonds is 6. The lowest BCUT2D eigenvalue weighted by molar-refractivity contribution is -0.132. The molecule has 1 fully saturated rings. The third kappa shape index (κ3) is 4.26. The van der Waals surface area contributed by atoms with Crippen LogP contribution in [0.3, 0.4) is 0 Å². The van der Waals surface area contributed by atoms with Gasteiger partial charge in [0.25, 0.3) is 5.56 Å². The minimum atomic E-state index is -0.126. The summed E-state index contributed by atoms with van der Waals surface area (Å²) >= 11 is 3.40. The number of nitrogens with zero attached hydrogens (tertiary/aromatic N) is 3. The Hall–Kier alpha value is -2.67.